The molecule has 40 valence electrons. The normalized spacial score (nSPS) is 14.5. The van der Waals surface area contributed by atoms with E-state index >= 15 is 0 Å². The Bertz CT molecular complexity index is 223. The highest BCUT2D eigenvalue weighted by molar-refractivity contribution is 5.73. The molecule has 1 N–H and O–H groups in total. The standard InChI is InChI=1S/C5H5N3/c1-2-8-4-6-3-5(8)7-1/h1-3H,4H2/p+1. The van der Waals surface area contributed by atoms with Gasteiger partial charge in [-0.1, -0.05) is 0 Å². The van der Waals surface area contributed by atoms with Crippen LogP contribution < -0.4 is 4.57 Å². The fourth-order valence-electron chi connectivity index (χ4n) is 0.826. The minimum atomic E-state index is 0.777. The van der Waals surface area contributed by atoms with Gasteiger partial charge in [-0.2, -0.15) is 0 Å². The van der Waals surface area contributed by atoms with Crippen molar-refractivity contribution in [2.75, 3.05) is 0 Å². The van der Waals surface area contributed by atoms with Crippen molar-refractivity contribution in [3.63, 3.8) is 0 Å². The third-order valence-corrected chi connectivity index (χ3v) is 1.24. The molecule has 2 rings (SSSR count). The van der Waals surface area contributed by atoms with Gasteiger partial charge < -0.3 is 0 Å². The smallest absolute Gasteiger partial charge is 0.242 e. The predicted octanol–water partition coefficient (Wildman–Crippen LogP) is -0.308. The van der Waals surface area contributed by atoms with Crippen LogP contribution in [0.5, 0.6) is 0 Å². The maximum Gasteiger partial charge on any atom is 0.299 e. The Morgan fingerprint density at radius 1 is 1.75 bits per heavy atom. The van der Waals surface area contributed by atoms with Crippen LogP contribution in [0.1, 0.15) is 5.82 Å². The first-order valence-corrected chi connectivity index (χ1v) is 2.53. The third-order valence-electron chi connectivity index (χ3n) is 1.24. The number of nitrogens with zero attached hydrogens (tertiary/aromatic N) is 2. The first kappa shape index (κ1) is 3.83. The zero-order valence-corrected chi connectivity index (χ0v) is 4.33. The average molecular weight is 108 g/mol. The molecular formula is C5H6N3+. The molecule has 0 atom stereocenters. The Morgan fingerprint density at radius 2 is 2.75 bits per heavy atom. The molecule has 0 saturated carbocycles. The molecule has 1 aliphatic rings. The molecule has 1 aliphatic heterocycles. The quantitative estimate of drug-likeness (QED) is 0.442. The molecule has 0 aromatic carbocycles. The molecule has 0 spiro atoms. The summed E-state index contributed by atoms with van der Waals surface area (Å²) in [7, 11) is 0. The van der Waals surface area contributed by atoms with Gasteiger partial charge in [0.25, 0.3) is 5.82 Å². The van der Waals surface area contributed by atoms with E-state index in [-0.39, 0.29) is 0 Å². The predicted molar refractivity (Wildman–Crippen MR) is 28.6 cm³/mol. The molecule has 0 fully saturated rings. The molecule has 0 saturated heterocycles. The van der Waals surface area contributed by atoms with E-state index in [1.54, 1.807) is 0 Å². The second-order valence-corrected chi connectivity index (χ2v) is 1.77. The number of H-pyrrole nitrogens is 1. The first-order chi connectivity index (χ1) is 3.97. The molecule has 3 nitrogen and oxygen atoms in total. The van der Waals surface area contributed by atoms with Gasteiger partial charge in [0.2, 0.25) is 0 Å². The molecule has 8 heavy (non-hydrogen) atoms. The van der Waals surface area contributed by atoms with E-state index in [1.165, 1.54) is 0 Å². The van der Waals surface area contributed by atoms with Crippen LogP contribution in [0.4, 0.5) is 0 Å². The zero-order chi connectivity index (χ0) is 5.40. The number of nitrogens with one attached hydrogen (secondary N) is 1. The van der Waals surface area contributed by atoms with E-state index in [9.17, 15) is 0 Å². The van der Waals surface area contributed by atoms with Crippen molar-refractivity contribution in [3.8, 4) is 0 Å². The molecule has 1 aromatic heterocycles. The number of imidazole rings is 1. The van der Waals surface area contributed by atoms with E-state index in [2.05, 4.69) is 9.98 Å². The van der Waals surface area contributed by atoms with Gasteiger partial charge in [-0.15, -0.1) is 0 Å². The Balaban J connectivity index is 2.67. The van der Waals surface area contributed by atoms with Gasteiger partial charge in [0.05, 0.1) is 0 Å². The van der Waals surface area contributed by atoms with Crippen molar-refractivity contribution in [2.24, 2.45) is 4.99 Å². The summed E-state index contributed by atoms with van der Waals surface area (Å²) >= 11 is 0. The summed E-state index contributed by atoms with van der Waals surface area (Å²) < 4.78 is 2.04. The molecule has 0 unspecified atom stereocenters. The number of aromatic amines is 1. The highest BCUT2D eigenvalue weighted by atomic mass is 15.2. The van der Waals surface area contributed by atoms with Gasteiger partial charge in [-0.25, -0.2) is 14.5 Å². The molecular weight excluding hydrogens is 102 g/mol. The monoisotopic (exact) mass is 108 g/mol. The second kappa shape index (κ2) is 1.18. The van der Waals surface area contributed by atoms with Crippen molar-refractivity contribution >= 4 is 6.21 Å². The van der Waals surface area contributed by atoms with Gasteiger partial charge in [-0.3, -0.25) is 0 Å². The lowest BCUT2D eigenvalue weighted by atomic mass is 10.7. The Hall–Kier alpha value is -1.12. The Labute approximate surface area is 46.7 Å². The van der Waals surface area contributed by atoms with Gasteiger partial charge in [-0.05, 0) is 0 Å². The van der Waals surface area contributed by atoms with Crippen LogP contribution in [-0.2, 0) is 6.67 Å². The zero-order valence-electron chi connectivity index (χ0n) is 4.33. The lowest BCUT2D eigenvalue weighted by Gasteiger charge is -1.77. The summed E-state index contributed by atoms with van der Waals surface area (Å²) in [5, 5.41) is 0. The highest BCUT2D eigenvalue weighted by Gasteiger charge is 2.10. The van der Waals surface area contributed by atoms with E-state index in [1.807, 2.05) is 23.2 Å². The average Bonchev–Trinajstić information content (AvgIpc) is 2.15. The molecule has 0 radical (unpaired) electrons. The Kier molecular flexibility index (Phi) is 0.566. The van der Waals surface area contributed by atoms with Crippen LogP contribution in [0.15, 0.2) is 17.4 Å². The van der Waals surface area contributed by atoms with Gasteiger partial charge in [0.15, 0.2) is 6.67 Å². The van der Waals surface area contributed by atoms with Crippen molar-refractivity contribution in [1.82, 2.24) is 4.98 Å². The van der Waals surface area contributed by atoms with Crippen molar-refractivity contribution in [2.45, 2.75) is 6.67 Å². The van der Waals surface area contributed by atoms with E-state index in [0.29, 0.717) is 0 Å². The number of rotatable bonds is 0. The maximum absolute atomic E-state index is 4.02. The largest absolute Gasteiger partial charge is 0.299 e. The highest BCUT2D eigenvalue weighted by Crippen LogP contribution is 1.87. The number of fused-ring (bicyclic) bond motifs is 1. The molecule has 1 aromatic rings. The van der Waals surface area contributed by atoms with E-state index < -0.39 is 0 Å². The third kappa shape index (κ3) is 0.332. The molecule has 0 bridgehead atoms. The fourth-order valence-corrected chi connectivity index (χ4v) is 0.826. The summed E-state index contributed by atoms with van der Waals surface area (Å²) in [4.78, 5) is 7.05. The van der Waals surface area contributed by atoms with Gasteiger partial charge >= 0.3 is 0 Å². The number of hydrogen-bond donors (Lipinski definition) is 1. The summed E-state index contributed by atoms with van der Waals surface area (Å²) in [6.07, 6.45) is 5.71. The molecule has 2 heterocycles. The lowest BCUT2D eigenvalue weighted by Crippen LogP contribution is -2.30. The van der Waals surface area contributed by atoms with Crippen molar-refractivity contribution in [3.05, 3.63) is 18.2 Å². The minimum Gasteiger partial charge on any atom is -0.242 e. The fraction of sp³-hybridized carbons (Fsp3) is 0.200. The van der Waals surface area contributed by atoms with Crippen LogP contribution in [0.2, 0.25) is 0 Å². The summed E-state index contributed by atoms with van der Waals surface area (Å²) in [6, 6.07) is 0. The second-order valence-electron chi connectivity index (χ2n) is 1.77. The van der Waals surface area contributed by atoms with Crippen LogP contribution in [0.3, 0.4) is 0 Å². The van der Waals surface area contributed by atoms with Gasteiger partial charge in [0.1, 0.15) is 18.6 Å². The summed E-state index contributed by atoms with van der Waals surface area (Å²) in [5.74, 6) is 1.09. The van der Waals surface area contributed by atoms with Crippen molar-refractivity contribution < 1.29 is 4.57 Å². The number of aromatic nitrogens is 2. The van der Waals surface area contributed by atoms with Crippen LogP contribution >= 0.6 is 0 Å². The Morgan fingerprint density at radius 3 is 3.62 bits per heavy atom. The number of aliphatic imine (C=N–C) groups is 1. The maximum atomic E-state index is 4.02. The lowest BCUT2D eigenvalue weighted by molar-refractivity contribution is -0.689. The van der Waals surface area contributed by atoms with Crippen LogP contribution in [0, 0.1) is 0 Å². The topological polar surface area (TPSA) is 32.0 Å². The molecule has 0 aliphatic carbocycles. The van der Waals surface area contributed by atoms with Crippen LogP contribution in [-0.4, -0.2) is 11.2 Å². The minimum absolute atomic E-state index is 0.777. The van der Waals surface area contributed by atoms with E-state index in [4.69, 9.17) is 0 Å². The SMILES string of the molecule is C1=NC[n+]2cc[nH]c21. The first-order valence-electron chi connectivity index (χ1n) is 2.53. The van der Waals surface area contributed by atoms with Crippen molar-refractivity contribution in [1.29, 1.82) is 0 Å². The molecule has 0 amide bonds. The van der Waals surface area contributed by atoms with Gasteiger partial charge in [0, 0.05) is 0 Å². The molecule has 3 heteroatoms. The summed E-state index contributed by atoms with van der Waals surface area (Å²) in [5.41, 5.74) is 0. The number of hydrogen-bond acceptors (Lipinski definition) is 1. The van der Waals surface area contributed by atoms with Crippen LogP contribution in [0.25, 0.3) is 0 Å². The summed E-state index contributed by atoms with van der Waals surface area (Å²) in [6.45, 7) is 0.777. The van der Waals surface area contributed by atoms with E-state index in [0.717, 1.165) is 12.5 Å².